The summed E-state index contributed by atoms with van der Waals surface area (Å²) in [4.78, 5) is 6.92. The summed E-state index contributed by atoms with van der Waals surface area (Å²) in [6, 6.07) is 4.48. The number of hydrogen-bond acceptors (Lipinski definition) is 2. The third kappa shape index (κ3) is 10.5. The molecule has 1 unspecified atom stereocenters. The maximum absolute atomic E-state index is 4.46. The molecule has 0 aliphatic heterocycles. The smallest absolute Gasteiger partial charge is 0.104 e. The number of nitrogens with zero attached hydrogens (tertiary/aromatic N) is 1. The van der Waals surface area contributed by atoms with E-state index in [1.807, 2.05) is 18.4 Å². The van der Waals surface area contributed by atoms with Crippen LogP contribution in [0.5, 0.6) is 0 Å². The van der Waals surface area contributed by atoms with Crippen molar-refractivity contribution in [3.8, 4) is 0 Å². The SMILES string of the molecule is CCCCCCCCC(CCCCCC)Cc1ccc(/C(S)=N/C)s1. The number of aliphatic imine (C=N–C) groups is 1. The van der Waals surface area contributed by atoms with Gasteiger partial charge in [-0.05, 0) is 24.5 Å². The Balaban J connectivity index is 2.44. The molecule has 0 radical (unpaired) electrons. The molecule has 0 spiro atoms. The van der Waals surface area contributed by atoms with Crippen molar-refractivity contribution in [1.82, 2.24) is 0 Å². The summed E-state index contributed by atoms with van der Waals surface area (Å²) >= 11 is 6.34. The molecule has 0 N–H and O–H groups in total. The first-order chi connectivity index (χ1) is 12.2. The van der Waals surface area contributed by atoms with Crippen molar-refractivity contribution in [2.75, 3.05) is 7.05 Å². The van der Waals surface area contributed by atoms with Gasteiger partial charge in [0.15, 0.2) is 0 Å². The number of thiol groups is 1. The van der Waals surface area contributed by atoms with Gasteiger partial charge in [0.2, 0.25) is 0 Å². The highest BCUT2D eigenvalue weighted by atomic mass is 32.1. The predicted molar refractivity (Wildman–Crippen MR) is 120 cm³/mol. The van der Waals surface area contributed by atoms with Crippen molar-refractivity contribution >= 4 is 29.0 Å². The van der Waals surface area contributed by atoms with Crippen LogP contribution < -0.4 is 0 Å². The number of thiophene rings is 1. The molecule has 0 fully saturated rings. The summed E-state index contributed by atoms with van der Waals surface area (Å²) in [6.07, 6.45) is 18.0. The fourth-order valence-corrected chi connectivity index (χ4v) is 4.69. The summed E-state index contributed by atoms with van der Waals surface area (Å²) in [7, 11) is 1.82. The Labute approximate surface area is 166 Å². The highest BCUT2D eigenvalue weighted by Crippen LogP contribution is 2.27. The zero-order valence-corrected chi connectivity index (χ0v) is 18.4. The number of unbranched alkanes of at least 4 members (excludes halogenated alkanes) is 8. The fraction of sp³-hybridized carbons (Fsp3) is 0.773. The maximum Gasteiger partial charge on any atom is 0.104 e. The van der Waals surface area contributed by atoms with Gasteiger partial charge in [-0.2, -0.15) is 0 Å². The zero-order chi connectivity index (χ0) is 18.3. The Morgan fingerprint density at radius 2 is 1.48 bits per heavy atom. The van der Waals surface area contributed by atoms with Gasteiger partial charge in [0.1, 0.15) is 5.04 Å². The van der Waals surface area contributed by atoms with E-state index in [0.29, 0.717) is 0 Å². The van der Waals surface area contributed by atoms with E-state index in [-0.39, 0.29) is 0 Å². The normalized spacial score (nSPS) is 13.4. The summed E-state index contributed by atoms with van der Waals surface area (Å²) in [5.74, 6) is 0.858. The van der Waals surface area contributed by atoms with E-state index >= 15 is 0 Å². The Hall–Kier alpha value is -0.280. The highest BCUT2D eigenvalue weighted by Gasteiger charge is 2.12. The van der Waals surface area contributed by atoms with Gasteiger partial charge < -0.3 is 0 Å². The summed E-state index contributed by atoms with van der Waals surface area (Å²) in [6.45, 7) is 4.59. The van der Waals surface area contributed by atoms with Gasteiger partial charge in [0.05, 0.1) is 4.88 Å². The van der Waals surface area contributed by atoms with Gasteiger partial charge in [-0.3, -0.25) is 4.99 Å². The van der Waals surface area contributed by atoms with Crippen molar-refractivity contribution in [1.29, 1.82) is 0 Å². The van der Waals surface area contributed by atoms with Crippen molar-refractivity contribution in [2.45, 2.75) is 97.3 Å². The molecule has 0 aliphatic rings. The molecule has 0 aliphatic carbocycles. The molecule has 1 rings (SSSR count). The average molecular weight is 382 g/mol. The average Bonchev–Trinajstić information content (AvgIpc) is 3.09. The van der Waals surface area contributed by atoms with Crippen molar-refractivity contribution in [2.24, 2.45) is 10.9 Å². The van der Waals surface area contributed by atoms with Gasteiger partial charge in [0, 0.05) is 11.9 Å². The van der Waals surface area contributed by atoms with Gasteiger partial charge in [-0.1, -0.05) is 90.9 Å². The molecule has 1 aromatic heterocycles. The molecular weight excluding hydrogens is 342 g/mol. The molecule has 0 saturated carbocycles. The van der Waals surface area contributed by atoms with Gasteiger partial charge in [0.25, 0.3) is 0 Å². The van der Waals surface area contributed by atoms with Crippen LogP contribution >= 0.6 is 24.0 Å². The van der Waals surface area contributed by atoms with Gasteiger partial charge in [-0.25, -0.2) is 0 Å². The van der Waals surface area contributed by atoms with Crippen LogP contribution in [0.25, 0.3) is 0 Å². The second kappa shape index (κ2) is 14.8. The predicted octanol–water partition coefficient (Wildman–Crippen LogP) is 7.93. The van der Waals surface area contributed by atoms with Crippen molar-refractivity contribution < 1.29 is 0 Å². The molecule has 25 heavy (non-hydrogen) atoms. The Morgan fingerprint density at radius 1 is 0.920 bits per heavy atom. The second-order valence-corrected chi connectivity index (χ2v) is 8.88. The van der Waals surface area contributed by atoms with Crippen LogP contribution in [-0.4, -0.2) is 12.1 Å². The molecular formula is C22H39NS2. The van der Waals surface area contributed by atoms with E-state index in [0.717, 1.165) is 11.0 Å². The second-order valence-electron chi connectivity index (χ2n) is 7.29. The molecule has 0 saturated heterocycles. The zero-order valence-electron chi connectivity index (χ0n) is 16.7. The standard InChI is InChI=1S/C22H39NS2/c1-4-6-8-10-11-13-15-19(14-12-9-7-5-2)18-20-16-17-21(25-20)22(24)23-3/h16-17,19H,4-15,18H2,1-3H3,(H,23,24). The number of hydrogen-bond donors (Lipinski definition) is 1. The summed E-state index contributed by atoms with van der Waals surface area (Å²) < 4.78 is 0. The third-order valence-corrected chi connectivity index (χ3v) is 6.72. The molecule has 1 heterocycles. The highest BCUT2D eigenvalue weighted by molar-refractivity contribution is 7.98. The Bertz CT molecular complexity index is 464. The van der Waals surface area contributed by atoms with Gasteiger partial charge >= 0.3 is 0 Å². The van der Waals surface area contributed by atoms with Crippen LogP contribution in [0.2, 0.25) is 0 Å². The molecule has 1 aromatic rings. The first-order valence-electron chi connectivity index (χ1n) is 10.5. The monoisotopic (exact) mass is 381 g/mol. The minimum Gasteiger partial charge on any atom is -0.281 e. The molecule has 1 nitrogen and oxygen atoms in total. The first-order valence-corrected chi connectivity index (χ1v) is 11.7. The van der Waals surface area contributed by atoms with Crippen LogP contribution in [-0.2, 0) is 6.42 Å². The van der Waals surface area contributed by atoms with E-state index in [4.69, 9.17) is 0 Å². The van der Waals surface area contributed by atoms with Gasteiger partial charge in [-0.15, -0.1) is 24.0 Å². The lowest BCUT2D eigenvalue weighted by Crippen LogP contribution is -2.04. The number of rotatable bonds is 15. The van der Waals surface area contributed by atoms with Crippen LogP contribution in [0.1, 0.15) is 101 Å². The van der Waals surface area contributed by atoms with Crippen molar-refractivity contribution in [3.63, 3.8) is 0 Å². The molecule has 144 valence electrons. The lowest BCUT2D eigenvalue weighted by atomic mass is 9.91. The molecule has 0 amide bonds. The van der Waals surface area contributed by atoms with E-state index in [9.17, 15) is 0 Å². The van der Waals surface area contributed by atoms with E-state index in [1.165, 1.54) is 93.2 Å². The molecule has 1 atom stereocenters. The first kappa shape index (κ1) is 22.8. The minimum absolute atomic E-state index is 0.858. The maximum atomic E-state index is 4.46. The molecule has 0 aromatic carbocycles. The summed E-state index contributed by atoms with van der Waals surface area (Å²) in [5, 5.41) is 0.867. The quantitative estimate of drug-likeness (QED) is 0.137. The fourth-order valence-electron chi connectivity index (χ4n) is 3.42. The largest absolute Gasteiger partial charge is 0.281 e. The lowest BCUT2D eigenvalue weighted by molar-refractivity contribution is 0.404. The lowest BCUT2D eigenvalue weighted by Gasteiger charge is -2.16. The third-order valence-electron chi connectivity index (χ3n) is 5.02. The molecule has 0 bridgehead atoms. The topological polar surface area (TPSA) is 12.4 Å². The Kier molecular flexibility index (Phi) is 13.5. The molecule has 3 heteroatoms. The minimum atomic E-state index is 0.858. The van der Waals surface area contributed by atoms with Crippen LogP contribution in [0, 0.1) is 5.92 Å². The van der Waals surface area contributed by atoms with E-state index in [1.54, 1.807) is 0 Å². The van der Waals surface area contributed by atoms with Crippen molar-refractivity contribution in [3.05, 3.63) is 21.9 Å². The van der Waals surface area contributed by atoms with Crippen LogP contribution in [0.4, 0.5) is 0 Å². The van der Waals surface area contributed by atoms with E-state index in [2.05, 4.69) is 43.6 Å². The summed E-state index contributed by atoms with van der Waals surface area (Å²) in [5.41, 5.74) is 0. The Morgan fingerprint density at radius 3 is 2.08 bits per heavy atom. The van der Waals surface area contributed by atoms with E-state index < -0.39 is 0 Å². The van der Waals surface area contributed by atoms with Crippen LogP contribution in [0.3, 0.4) is 0 Å². The van der Waals surface area contributed by atoms with Crippen LogP contribution in [0.15, 0.2) is 17.1 Å².